The van der Waals surface area contributed by atoms with Crippen LogP contribution >= 0.6 is 27.3 Å². The van der Waals surface area contributed by atoms with Gasteiger partial charge in [0.2, 0.25) is 5.89 Å². The van der Waals surface area contributed by atoms with E-state index >= 15 is 0 Å². The third-order valence-corrected chi connectivity index (χ3v) is 4.08. The molecule has 21 heavy (non-hydrogen) atoms. The Morgan fingerprint density at radius 1 is 1.38 bits per heavy atom. The topological polar surface area (TPSA) is 107 Å². The van der Waals surface area contributed by atoms with Gasteiger partial charge in [-0.1, -0.05) is 5.21 Å². The van der Waals surface area contributed by atoms with Crippen molar-refractivity contribution in [2.24, 2.45) is 0 Å². The Morgan fingerprint density at radius 3 is 2.95 bits per heavy atom. The Bertz CT molecular complexity index is 780. The van der Waals surface area contributed by atoms with Crippen molar-refractivity contribution in [1.82, 2.24) is 25.2 Å². The smallest absolute Gasteiger partial charge is 0.309 e. The van der Waals surface area contributed by atoms with E-state index < -0.39 is 5.97 Å². The van der Waals surface area contributed by atoms with Crippen molar-refractivity contribution in [2.45, 2.75) is 13.0 Å². The van der Waals surface area contributed by atoms with E-state index in [1.54, 1.807) is 6.20 Å². The molecule has 0 aliphatic heterocycles. The zero-order valence-corrected chi connectivity index (χ0v) is 12.8. The number of thiophene rings is 1. The molecule has 0 aliphatic carbocycles. The number of carboxylic acid groups (broad SMARTS) is 1. The molecule has 0 unspecified atom stereocenters. The van der Waals surface area contributed by atoms with Gasteiger partial charge in [0.25, 0.3) is 5.89 Å². The summed E-state index contributed by atoms with van der Waals surface area (Å²) in [5, 5.41) is 24.2. The van der Waals surface area contributed by atoms with Gasteiger partial charge in [-0.05, 0) is 28.1 Å². The van der Waals surface area contributed by atoms with Crippen molar-refractivity contribution in [3.63, 3.8) is 0 Å². The molecule has 1 N–H and O–H groups in total. The fourth-order valence-electron chi connectivity index (χ4n) is 1.64. The van der Waals surface area contributed by atoms with Crippen LogP contribution in [0.2, 0.25) is 0 Å². The number of carboxylic acids is 1. The molecule has 8 nitrogen and oxygen atoms in total. The van der Waals surface area contributed by atoms with E-state index in [2.05, 4.69) is 36.4 Å². The van der Waals surface area contributed by atoms with Crippen LogP contribution in [0.1, 0.15) is 11.6 Å². The standard InChI is InChI=1S/C11H8BrN5O3S/c12-8-2-1-7(21-8)11-15-14-9(20-11)5-17-4-6(13-16-17)3-10(18)19/h1-2,4H,3,5H2,(H,18,19). The first-order chi connectivity index (χ1) is 10.1. The highest BCUT2D eigenvalue weighted by atomic mass is 79.9. The van der Waals surface area contributed by atoms with Crippen LogP contribution in [0.15, 0.2) is 26.5 Å². The van der Waals surface area contributed by atoms with Gasteiger partial charge in [0.1, 0.15) is 6.54 Å². The lowest BCUT2D eigenvalue weighted by Gasteiger charge is -1.93. The van der Waals surface area contributed by atoms with Crippen LogP contribution in [0.5, 0.6) is 0 Å². The molecule has 10 heteroatoms. The molecule has 0 atom stereocenters. The largest absolute Gasteiger partial charge is 0.481 e. The van der Waals surface area contributed by atoms with Crippen molar-refractivity contribution < 1.29 is 14.3 Å². The predicted molar refractivity (Wildman–Crippen MR) is 75.8 cm³/mol. The molecule has 3 rings (SSSR count). The summed E-state index contributed by atoms with van der Waals surface area (Å²) in [6, 6.07) is 3.78. The Labute approximate surface area is 130 Å². The second kappa shape index (κ2) is 5.74. The van der Waals surface area contributed by atoms with E-state index in [1.807, 2.05) is 12.1 Å². The summed E-state index contributed by atoms with van der Waals surface area (Å²) in [5.74, 6) is -0.140. The molecule has 3 aromatic heterocycles. The van der Waals surface area contributed by atoms with Gasteiger partial charge >= 0.3 is 5.97 Å². The van der Waals surface area contributed by atoms with E-state index in [-0.39, 0.29) is 13.0 Å². The summed E-state index contributed by atoms with van der Waals surface area (Å²) >= 11 is 4.86. The van der Waals surface area contributed by atoms with E-state index in [9.17, 15) is 4.79 Å². The minimum atomic E-state index is -0.953. The summed E-state index contributed by atoms with van der Waals surface area (Å²) in [5.41, 5.74) is 0.379. The first-order valence-corrected chi connectivity index (χ1v) is 7.40. The summed E-state index contributed by atoms with van der Waals surface area (Å²) in [6.45, 7) is 0.242. The Hall–Kier alpha value is -2.07. The zero-order valence-electron chi connectivity index (χ0n) is 10.4. The van der Waals surface area contributed by atoms with Crippen molar-refractivity contribution >= 4 is 33.2 Å². The first-order valence-electron chi connectivity index (χ1n) is 5.79. The minimum Gasteiger partial charge on any atom is -0.481 e. The molecule has 0 aliphatic rings. The molecule has 0 fully saturated rings. The number of halogens is 1. The maximum Gasteiger partial charge on any atom is 0.309 e. The molecule has 0 saturated carbocycles. The number of nitrogens with zero attached hydrogens (tertiary/aromatic N) is 5. The summed E-state index contributed by atoms with van der Waals surface area (Å²) in [7, 11) is 0. The number of carbonyl (C=O) groups is 1. The quantitative estimate of drug-likeness (QED) is 0.730. The van der Waals surface area contributed by atoms with E-state index in [1.165, 1.54) is 16.0 Å². The third kappa shape index (κ3) is 3.34. The SMILES string of the molecule is O=C(O)Cc1cn(Cc2nnc(-c3ccc(Br)s3)o2)nn1. The molecule has 0 radical (unpaired) electrons. The van der Waals surface area contributed by atoms with Gasteiger partial charge in [-0.15, -0.1) is 26.6 Å². The molecular formula is C11H8BrN5O3S. The highest BCUT2D eigenvalue weighted by molar-refractivity contribution is 9.11. The van der Waals surface area contributed by atoms with Gasteiger partial charge in [-0.2, -0.15) is 0 Å². The fourth-order valence-corrected chi connectivity index (χ4v) is 2.94. The van der Waals surface area contributed by atoms with Gasteiger partial charge in [0, 0.05) is 6.20 Å². The summed E-state index contributed by atoms with van der Waals surface area (Å²) < 4.78 is 7.98. The van der Waals surface area contributed by atoms with Crippen LogP contribution in [-0.4, -0.2) is 36.3 Å². The van der Waals surface area contributed by atoms with Gasteiger partial charge in [-0.25, -0.2) is 4.68 Å². The average Bonchev–Trinajstić information content (AvgIpc) is 3.11. The molecule has 0 saturated heterocycles. The number of rotatable bonds is 5. The number of hydrogen-bond donors (Lipinski definition) is 1. The maximum atomic E-state index is 10.6. The second-order valence-corrected chi connectivity index (χ2v) is 6.55. The van der Waals surface area contributed by atoms with Gasteiger partial charge in [0.05, 0.1) is 20.8 Å². The highest BCUT2D eigenvalue weighted by Crippen LogP contribution is 2.30. The molecular weight excluding hydrogens is 362 g/mol. The lowest BCUT2D eigenvalue weighted by Crippen LogP contribution is -2.01. The average molecular weight is 370 g/mol. The summed E-state index contributed by atoms with van der Waals surface area (Å²) in [4.78, 5) is 11.4. The number of aliphatic carboxylic acids is 1. The van der Waals surface area contributed by atoms with Crippen LogP contribution in [0, 0.1) is 0 Å². The molecule has 0 amide bonds. The van der Waals surface area contributed by atoms with Crippen molar-refractivity contribution in [2.75, 3.05) is 0 Å². The molecule has 0 spiro atoms. The highest BCUT2D eigenvalue weighted by Gasteiger charge is 2.12. The molecule has 0 aromatic carbocycles. The van der Waals surface area contributed by atoms with Crippen LogP contribution in [0.4, 0.5) is 0 Å². The number of aromatic nitrogens is 5. The number of hydrogen-bond acceptors (Lipinski definition) is 7. The van der Waals surface area contributed by atoms with Crippen molar-refractivity contribution in [3.8, 4) is 10.8 Å². The lowest BCUT2D eigenvalue weighted by atomic mass is 10.3. The van der Waals surface area contributed by atoms with E-state index in [0.29, 0.717) is 17.5 Å². The summed E-state index contributed by atoms with van der Waals surface area (Å²) in [6.07, 6.45) is 1.37. The Kier molecular flexibility index (Phi) is 3.80. The van der Waals surface area contributed by atoms with Crippen molar-refractivity contribution in [1.29, 1.82) is 0 Å². The van der Waals surface area contributed by atoms with Crippen molar-refractivity contribution in [3.05, 3.63) is 33.7 Å². The first kappa shape index (κ1) is 13.9. The minimum absolute atomic E-state index is 0.168. The predicted octanol–water partition coefficient (Wildman–Crippen LogP) is 1.83. The normalized spacial score (nSPS) is 10.9. The maximum absolute atomic E-state index is 10.6. The Morgan fingerprint density at radius 2 is 2.24 bits per heavy atom. The molecule has 108 valence electrons. The zero-order chi connectivity index (χ0) is 14.8. The van der Waals surface area contributed by atoms with Crippen LogP contribution in [0.3, 0.4) is 0 Å². The third-order valence-electron chi connectivity index (χ3n) is 2.47. The second-order valence-electron chi connectivity index (χ2n) is 4.08. The Balaban J connectivity index is 1.72. The van der Waals surface area contributed by atoms with Crippen LogP contribution in [-0.2, 0) is 17.8 Å². The van der Waals surface area contributed by atoms with Gasteiger partial charge in [0.15, 0.2) is 0 Å². The lowest BCUT2D eigenvalue weighted by molar-refractivity contribution is -0.136. The molecule has 3 aromatic rings. The van der Waals surface area contributed by atoms with Gasteiger partial charge < -0.3 is 9.52 Å². The van der Waals surface area contributed by atoms with E-state index in [4.69, 9.17) is 9.52 Å². The fraction of sp³-hybridized carbons (Fsp3) is 0.182. The molecule has 3 heterocycles. The monoisotopic (exact) mass is 369 g/mol. The molecule has 0 bridgehead atoms. The van der Waals surface area contributed by atoms with Gasteiger partial charge in [-0.3, -0.25) is 4.79 Å². The van der Waals surface area contributed by atoms with Crippen LogP contribution < -0.4 is 0 Å². The van der Waals surface area contributed by atoms with E-state index in [0.717, 1.165) is 8.66 Å². The van der Waals surface area contributed by atoms with Crippen LogP contribution in [0.25, 0.3) is 10.8 Å².